The highest BCUT2D eigenvalue weighted by atomic mass is 79.9. The summed E-state index contributed by atoms with van der Waals surface area (Å²) in [6.45, 7) is 0.772. The Morgan fingerprint density at radius 2 is 2.24 bits per heavy atom. The highest BCUT2D eigenvalue weighted by Gasteiger charge is 2.20. The van der Waals surface area contributed by atoms with Gasteiger partial charge in [-0.15, -0.1) is 5.10 Å². The maximum atomic E-state index is 4.50. The molecule has 2 aromatic heterocycles. The fourth-order valence-electron chi connectivity index (χ4n) is 2.34. The Kier molecular flexibility index (Phi) is 3.20. The van der Waals surface area contributed by atoms with Crippen LogP contribution in [0.5, 0.6) is 0 Å². The first kappa shape index (κ1) is 12.9. The molecule has 0 aliphatic heterocycles. The molecule has 1 N–H and O–H groups in total. The lowest BCUT2D eigenvalue weighted by Gasteiger charge is -2.05. The normalized spacial score (nSPS) is 14.7. The van der Waals surface area contributed by atoms with Crippen LogP contribution in [0.4, 0.5) is 0 Å². The van der Waals surface area contributed by atoms with Crippen molar-refractivity contribution in [2.24, 2.45) is 0 Å². The number of benzene rings is 1. The number of nitrogens with zero attached hydrogens (tertiary/aromatic N) is 4. The SMILES string of the molecule is Brc1cnc2c(-n3cc(CNC4CC4)nn3)cccc2c1. The Hall–Kier alpha value is -1.79. The van der Waals surface area contributed by atoms with Crippen molar-refractivity contribution in [3.05, 3.63) is 46.8 Å². The molecule has 0 spiro atoms. The van der Waals surface area contributed by atoms with E-state index in [-0.39, 0.29) is 0 Å². The van der Waals surface area contributed by atoms with E-state index in [2.05, 4.69) is 42.6 Å². The van der Waals surface area contributed by atoms with E-state index < -0.39 is 0 Å². The van der Waals surface area contributed by atoms with Gasteiger partial charge in [0.15, 0.2) is 0 Å². The molecule has 1 saturated carbocycles. The average Bonchev–Trinajstić information content (AvgIpc) is 3.21. The van der Waals surface area contributed by atoms with Crippen LogP contribution in [0.1, 0.15) is 18.5 Å². The predicted octanol–water partition coefficient (Wildman–Crippen LogP) is 2.83. The minimum absolute atomic E-state index is 0.673. The third-order valence-electron chi connectivity index (χ3n) is 3.59. The monoisotopic (exact) mass is 343 g/mol. The van der Waals surface area contributed by atoms with Gasteiger partial charge in [0.1, 0.15) is 0 Å². The van der Waals surface area contributed by atoms with Crippen LogP contribution in [0.2, 0.25) is 0 Å². The van der Waals surface area contributed by atoms with Gasteiger partial charge in [0.2, 0.25) is 0 Å². The second kappa shape index (κ2) is 5.20. The summed E-state index contributed by atoms with van der Waals surface area (Å²) in [7, 11) is 0. The second-order valence-corrected chi connectivity index (χ2v) is 6.23. The van der Waals surface area contributed by atoms with Gasteiger partial charge in [0.25, 0.3) is 0 Å². The molecular weight excluding hydrogens is 330 g/mol. The molecule has 1 aliphatic rings. The van der Waals surface area contributed by atoms with Crippen LogP contribution in [-0.2, 0) is 6.54 Å². The van der Waals surface area contributed by atoms with Crippen LogP contribution in [0.15, 0.2) is 41.1 Å². The summed E-state index contributed by atoms with van der Waals surface area (Å²) in [6.07, 6.45) is 6.32. The number of rotatable bonds is 4. The maximum absolute atomic E-state index is 4.50. The fraction of sp³-hybridized carbons (Fsp3) is 0.267. The molecule has 0 saturated heterocycles. The Bertz CT molecular complexity index is 794. The number of nitrogens with one attached hydrogen (secondary N) is 1. The fourth-order valence-corrected chi connectivity index (χ4v) is 2.69. The van der Waals surface area contributed by atoms with Gasteiger partial charge < -0.3 is 5.32 Å². The van der Waals surface area contributed by atoms with Crippen molar-refractivity contribution in [2.75, 3.05) is 0 Å². The van der Waals surface area contributed by atoms with E-state index in [0.717, 1.165) is 33.3 Å². The molecule has 0 bridgehead atoms. The number of fused-ring (bicyclic) bond motifs is 1. The van der Waals surface area contributed by atoms with Gasteiger partial charge in [0, 0.05) is 28.6 Å². The molecule has 1 fully saturated rings. The number of pyridine rings is 1. The van der Waals surface area contributed by atoms with Gasteiger partial charge in [-0.05, 0) is 40.9 Å². The van der Waals surface area contributed by atoms with Crippen molar-refractivity contribution in [2.45, 2.75) is 25.4 Å². The molecule has 21 heavy (non-hydrogen) atoms. The number of aromatic nitrogens is 4. The van der Waals surface area contributed by atoms with Crippen molar-refractivity contribution in [3.63, 3.8) is 0 Å². The number of halogens is 1. The highest BCUT2D eigenvalue weighted by Crippen LogP contribution is 2.23. The lowest BCUT2D eigenvalue weighted by atomic mass is 10.2. The van der Waals surface area contributed by atoms with Crippen LogP contribution in [0.3, 0.4) is 0 Å². The van der Waals surface area contributed by atoms with Crippen LogP contribution in [0.25, 0.3) is 16.6 Å². The molecule has 106 valence electrons. The molecule has 0 radical (unpaired) electrons. The summed E-state index contributed by atoms with van der Waals surface area (Å²) < 4.78 is 2.77. The highest BCUT2D eigenvalue weighted by molar-refractivity contribution is 9.10. The Morgan fingerprint density at radius 1 is 1.33 bits per heavy atom. The minimum atomic E-state index is 0.673. The number of para-hydroxylation sites is 1. The summed E-state index contributed by atoms with van der Waals surface area (Å²) >= 11 is 3.45. The zero-order chi connectivity index (χ0) is 14.2. The summed E-state index contributed by atoms with van der Waals surface area (Å²) in [6, 6.07) is 8.79. The molecule has 0 amide bonds. The van der Waals surface area contributed by atoms with Crippen LogP contribution in [0, 0.1) is 0 Å². The molecular formula is C15H14BrN5. The molecule has 1 aromatic carbocycles. The van der Waals surface area contributed by atoms with E-state index in [1.54, 1.807) is 10.9 Å². The standard InChI is InChI=1S/C15H14BrN5/c16-11-6-10-2-1-3-14(15(10)18-7-11)21-9-13(19-20-21)8-17-12-4-5-12/h1-3,6-7,9,12,17H,4-5,8H2. The first-order chi connectivity index (χ1) is 10.3. The topological polar surface area (TPSA) is 55.6 Å². The van der Waals surface area contributed by atoms with Gasteiger partial charge in [-0.2, -0.15) is 0 Å². The van der Waals surface area contributed by atoms with Crippen molar-refractivity contribution in [3.8, 4) is 5.69 Å². The Balaban J connectivity index is 1.68. The van der Waals surface area contributed by atoms with Gasteiger partial charge in [-0.3, -0.25) is 4.98 Å². The molecule has 3 aromatic rings. The zero-order valence-electron chi connectivity index (χ0n) is 11.3. The summed E-state index contributed by atoms with van der Waals surface area (Å²) in [5, 5.41) is 13.0. The molecule has 0 unspecified atom stereocenters. The molecule has 6 heteroatoms. The molecule has 1 aliphatic carbocycles. The zero-order valence-corrected chi connectivity index (χ0v) is 12.9. The van der Waals surface area contributed by atoms with E-state index in [0.29, 0.717) is 6.04 Å². The molecule has 0 atom stereocenters. The van der Waals surface area contributed by atoms with Gasteiger partial charge in [-0.25, -0.2) is 4.68 Å². The Labute approximate surface area is 130 Å². The van der Waals surface area contributed by atoms with E-state index in [9.17, 15) is 0 Å². The lowest BCUT2D eigenvalue weighted by molar-refractivity contribution is 0.671. The van der Waals surface area contributed by atoms with Gasteiger partial charge in [0.05, 0.1) is 23.1 Å². The third kappa shape index (κ3) is 2.69. The van der Waals surface area contributed by atoms with E-state index >= 15 is 0 Å². The molecule has 5 nitrogen and oxygen atoms in total. The van der Waals surface area contributed by atoms with Crippen LogP contribution in [-0.4, -0.2) is 26.0 Å². The third-order valence-corrected chi connectivity index (χ3v) is 4.03. The van der Waals surface area contributed by atoms with Crippen molar-refractivity contribution < 1.29 is 0 Å². The predicted molar refractivity (Wildman–Crippen MR) is 84.2 cm³/mol. The largest absolute Gasteiger partial charge is 0.308 e. The first-order valence-corrected chi connectivity index (χ1v) is 7.78. The summed E-state index contributed by atoms with van der Waals surface area (Å²) in [5.41, 5.74) is 2.83. The molecule has 2 heterocycles. The summed E-state index contributed by atoms with van der Waals surface area (Å²) in [4.78, 5) is 4.50. The minimum Gasteiger partial charge on any atom is -0.308 e. The van der Waals surface area contributed by atoms with Crippen LogP contribution < -0.4 is 5.32 Å². The lowest BCUT2D eigenvalue weighted by Crippen LogP contribution is -2.15. The quantitative estimate of drug-likeness (QED) is 0.791. The van der Waals surface area contributed by atoms with E-state index in [1.807, 2.05) is 24.4 Å². The number of hydrogen-bond acceptors (Lipinski definition) is 4. The first-order valence-electron chi connectivity index (χ1n) is 6.99. The van der Waals surface area contributed by atoms with E-state index in [1.165, 1.54) is 12.8 Å². The second-order valence-electron chi connectivity index (χ2n) is 5.31. The van der Waals surface area contributed by atoms with Crippen LogP contribution >= 0.6 is 15.9 Å². The average molecular weight is 344 g/mol. The maximum Gasteiger partial charge on any atom is 0.0969 e. The van der Waals surface area contributed by atoms with Gasteiger partial charge in [-0.1, -0.05) is 17.3 Å². The van der Waals surface area contributed by atoms with Crippen molar-refractivity contribution in [1.82, 2.24) is 25.3 Å². The molecule has 4 rings (SSSR count). The summed E-state index contributed by atoms with van der Waals surface area (Å²) in [5.74, 6) is 0. The van der Waals surface area contributed by atoms with Gasteiger partial charge >= 0.3 is 0 Å². The number of hydrogen-bond donors (Lipinski definition) is 1. The Morgan fingerprint density at radius 3 is 3.10 bits per heavy atom. The van der Waals surface area contributed by atoms with Crippen molar-refractivity contribution >= 4 is 26.8 Å². The smallest absolute Gasteiger partial charge is 0.0969 e. The van der Waals surface area contributed by atoms with E-state index in [4.69, 9.17) is 0 Å². The van der Waals surface area contributed by atoms with Crippen molar-refractivity contribution in [1.29, 1.82) is 0 Å².